The highest BCUT2D eigenvalue weighted by Gasteiger charge is 2.21. The summed E-state index contributed by atoms with van der Waals surface area (Å²) in [6, 6.07) is 19.2. The van der Waals surface area contributed by atoms with Gasteiger partial charge in [-0.15, -0.1) is 0 Å². The molecule has 0 saturated carbocycles. The first-order valence-electron chi connectivity index (χ1n) is 12.2. The Morgan fingerprint density at radius 3 is 1.70 bits per heavy atom. The van der Waals surface area contributed by atoms with Crippen LogP contribution in [0.15, 0.2) is 71.5 Å². The van der Waals surface area contributed by atoms with Crippen molar-refractivity contribution >= 4 is 9.52 Å². The highest BCUT2D eigenvalue weighted by molar-refractivity contribution is 6.48. The second-order valence-electron chi connectivity index (χ2n) is 9.27. The van der Waals surface area contributed by atoms with E-state index in [1.165, 1.54) is 67.2 Å². The van der Waals surface area contributed by atoms with Gasteiger partial charge in [0.1, 0.15) is 0 Å². The van der Waals surface area contributed by atoms with Crippen LogP contribution in [0.25, 0.3) is 0 Å². The van der Waals surface area contributed by atoms with E-state index >= 15 is 0 Å². The summed E-state index contributed by atoms with van der Waals surface area (Å²) < 4.78 is 0. The van der Waals surface area contributed by atoms with Gasteiger partial charge >= 0.3 is 0 Å². The van der Waals surface area contributed by atoms with Crippen LogP contribution in [0.3, 0.4) is 0 Å². The molecule has 0 spiro atoms. The molecule has 0 fully saturated rings. The molecule has 0 aromatic heterocycles. The molecule has 0 amide bonds. The van der Waals surface area contributed by atoms with Crippen LogP contribution in [0.4, 0.5) is 0 Å². The summed E-state index contributed by atoms with van der Waals surface area (Å²) in [5, 5.41) is 1.76. The summed E-state index contributed by atoms with van der Waals surface area (Å²) in [6.07, 6.45) is 13.5. The third kappa shape index (κ3) is 6.08. The van der Waals surface area contributed by atoms with Crippen molar-refractivity contribution in [2.75, 3.05) is 0 Å². The third-order valence-electron chi connectivity index (χ3n) is 6.54. The highest BCUT2D eigenvalue weighted by Crippen LogP contribution is 2.32. The SMILES string of the molecule is CCCCc1ccc(C([SiH2]C2=C(C(C)C)C=CC2)c2ccc(CCCC)cc2)cc1. The molecule has 0 radical (unpaired) electrons. The van der Waals surface area contributed by atoms with Gasteiger partial charge in [0, 0.05) is 5.54 Å². The van der Waals surface area contributed by atoms with Gasteiger partial charge in [0.25, 0.3) is 0 Å². The fraction of sp³-hybridized carbons (Fsp3) is 0.448. The molecule has 30 heavy (non-hydrogen) atoms. The molecule has 0 aliphatic heterocycles. The minimum absolute atomic E-state index is 0.424. The Morgan fingerprint density at radius 1 is 0.767 bits per heavy atom. The largest absolute Gasteiger partial charge is 0.0806 e. The average Bonchev–Trinajstić information content (AvgIpc) is 3.24. The van der Waals surface area contributed by atoms with Crippen LogP contribution in [-0.4, -0.2) is 9.52 Å². The molecule has 1 aliphatic carbocycles. The molecule has 0 unspecified atom stereocenters. The van der Waals surface area contributed by atoms with Crippen molar-refractivity contribution in [3.05, 3.63) is 93.7 Å². The van der Waals surface area contributed by atoms with E-state index in [1.807, 2.05) is 0 Å². The Kier molecular flexibility index (Phi) is 8.75. The molecule has 1 aliphatic rings. The Bertz CT molecular complexity index is 785. The number of rotatable bonds is 11. The molecule has 3 rings (SSSR count). The molecule has 2 aromatic carbocycles. The van der Waals surface area contributed by atoms with E-state index in [0.29, 0.717) is 11.5 Å². The second-order valence-corrected chi connectivity index (χ2v) is 11.3. The lowest BCUT2D eigenvalue weighted by Gasteiger charge is -2.21. The van der Waals surface area contributed by atoms with E-state index in [4.69, 9.17) is 0 Å². The van der Waals surface area contributed by atoms with Crippen molar-refractivity contribution in [2.45, 2.75) is 78.2 Å². The normalized spacial score (nSPS) is 14.2. The van der Waals surface area contributed by atoms with E-state index in [2.05, 4.69) is 88.4 Å². The summed E-state index contributed by atoms with van der Waals surface area (Å²) in [5.41, 5.74) is 8.21. The number of hydrogen-bond donors (Lipinski definition) is 0. The molecule has 160 valence electrons. The van der Waals surface area contributed by atoms with E-state index < -0.39 is 9.52 Å². The zero-order valence-corrected chi connectivity index (χ0v) is 21.0. The maximum atomic E-state index is 2.42. The third-order valence-corrected chi connectivity index (χ3v) is 9.09. The lowest BCUT2D eigenvalue weighted by molar-refractivity contribution is 0.789. The van der Waals surface area contributed by atoms with Gasteiger partial charge in [0.15, 0.2) is 0 Å². The maximum Gasteiger partial charge on any atom is 0.0636 e. The minimum Gasteiger partial charge on any atom is -0.0806 e. The van der Waals surface area contributed by atoms with Crippen molar-refractivity contribution < 1.29 is 0 Å². The van der Waals surface area contributed by atoms with E-state index in [0.717, 1.165) is 0 Å². The topological polar surface area (TPSA) is 0 Å². The van der Waals surface area contributed by atoms with Crippen molar-refractivity contribution in [1.29, 1.82) is 0 Å². The monoisotopic (exact) mass is 416 g/mol. The lowest BCUT2D eigenvalue weighted by atomic mass is 9.99. The standard InChI is InChI=1S/C29H40Si/c1-5-7-10-23-14-18-25(19-15-23)29(30-28-13-9-12-27(28)22(3)4)26-20-16-24(17-21-26)11-8-6-2/h9,12,14-22,29H,5-8,10-11,13,30H2,1-4H3. The molecule has 0 heterocycles. The summed E-state index contributed by atoms with van der Waals surface area (Å²) in [7, 11) is -0.424. The number of benzene rings is 2. The van der Waals surface area contributed by atoms with Crippen molar-refractivity contribution in [1.82, 2.24) is 0 Å². The fourth-order valence-electron chi connectivity index (χ4n) is 4.64. The molecule has 0 nitrogen and oxygen atoms in total. The van der Waals surface area contributed by atoms with Crippen LogP contribution in [0.2, 0.25) is 0 Å². The molecular formula is C29H40Si. The summed E-state index contributed by atoms with van der Waals surface area (Å²) in [5.74, 6) is 0.639. The van der Waals surface area contributed by atoms with Gasteiger partial charge in [0.2, 0.25) is 0 Å². The second kappa shape index (κ2) is 11.5. The van der Waals surface area contributed by atoms with Crippen molar-refractivity contribution in [2.24, 2.45) is 5.92 Å². The van der Waals surface area contributed by atoms with E-state index in [1.54, 1.807) is 10.8 Å². The zero-order valence-electron chi connectivity index (χ0n) is 19.6. The lowest BCUT2D eigenvalue weighted by Crippen LogP contribution is -2.14. The van der Waals surface area contributed by atoms with Crippen LogP contribution >= 0.6 is 0 Å². The molecule has 0 saturated heterocycles. The van der Waals surface area contributed by atoms with Crippen LogP contribution in [0, 0.1) is 5.92 Å². The van der Waals surface area contributed by atoms with Crippen molar-refractivity contribution in [3.63, 3.8) is 0 Å². The van der Waals surface area contributed by atoms with Gasteiger partial charge < -0.3 is 0 Å². The minimum atomic E-state index is -0.424. The smallest absolute Gasteiger partial charge is 0.0636 e. The van der Waals surface area contributed by atoms with Gasteiger partial charge in [-0.2, -0.15) is 0 Å². The van der Waals surface area contributed by atoms with Gasteiger partial charge in [-0.3, -0.25) is 0 Å². The molecule has 0 N–H and O–H groups in total. The first kappa shape index (κ1) is 22.8. The van der Waals surface area contributed by atoms with Crippen LogP contribution in [0.1, 0.15) is 87.6 Å². The molecular weight excluding hydrogens is 376 g/mol. The summed E-state index contributed by atoms with van der Waals surface area (Å²) in [6.45, 7) is 9.24. The predicted octanol–water partition coefficient (Wildman–Crippen LogP) is 7.50. The Balaban J connectivity index is 1.88. The van der Waals surface area contributed by atoms with Crippen LogP contribution < -0.4 is 0 Å². The summed E-state index contributed by atoms with van der Waals surface area (Å²) in [4.78, 5) is 0. The Morgan fingerprint density at radius 2 is 1.27 bits per heavy atom. The van der Waals surface area contributed by atoms with E-state index in [9.17, 15) is 0 Å². The molecule has 2 aromatic rings. The van der Waals surface area contributed by atoms with E-state index in [-0.39, 0.29) is 0 Å². The number of hydrogen-bond acceptors (Lipinski definition) is 0. The van der Waals surface area contributed by atoms with Gasteiger partial charge in [-0.1, -0.05) is 112 Å². The quantitative estimate of drug-likeness (QED) is 0.333. The van der Waals surface area contributed by atoms with Gasteiger partial charge in [0.05, 0.1) is 9.52 Å². The Labute approximate surface area is 187 Å². The van der Waals surface area contributed by atoms with Crippen LogP contribution in [-0.2, 0) is 12.8 Å². The average molecular weight is 417 g/mol. The van der Waals surface area contributed by atoms with Crippen molar-refractivity contribution in [3.8, 4) is 0 Å². The van der Waals surface area contributed by atoms with Gasteiger partial charge in [-0.25, -0.2) is 0 Å². The number of allylic oxidation sites excluding steroid dienone is 4. The zero-order chi connectivity index (χ0) is 21.3. The maximum absolute atomic E-state index is 2.42. The highest BCUT2D eigenvalue weighted by atomic mass is 28.2. The summed E-state index contributed by atoms with van der Waals surface area (Å²) >= 11 is 0. The molecule has 0 atom stereocenters. The van der Waals surface area contributed by atoms with Crippen LogP contribution in [0.5, 0.6) is 0 Å². The first-order valence-corrected chi connectivity index (χ1v) is 13.7. The molecule has 1 heteroatoms. The Hall–Kier alpha value is -1.86. The number of unbranched alkanes of at least 4 members (excludes halogenated alkanes) is 2. The predicted molar refractivity (Wildman–Crippen MR) is 136 cm³/mol. The fourth-order valence-corrected chi connectivity index (χ4v) is 7.24. The van der Waals surface area contributed by atoms with Gasteiger partial charge in [-0.05, 0) is 60.3 Å². The number of aryl methyl sites for hydroxylation is 2. The first-order chi connectivity index (χ1) is 14.6. The molecule has 0 bridgehead atoms.